The van der Waals surface area contributed by atoms with Crippen LogP contribution >= 0.6 is 8.58 Å². The Kier molecular flexibility index (Phi) is 22.6. The minimum absolute atomic E-state index is 0. The molecular formula is C32H31Fe2P. The fourth-order valence-electron chi connectivity index (χ4n) is 2.49. The van der Waals surface area contributed by atoms with E-state index in [1.54, 1.807) is 0 Å². The maximum Gasteiger partial charge on any atom is 2.00 e. The van der Waals surface area contributed by atoms with Gasteiger partial charge >= 0.3 is 34.1 Å². The molecule has 6 aromatic rings. The molecule has 0 unspecified atom stereocenters. The van der Waals surface area contributed by atoms with Crippen molar-refractivity contribution in [3.05, 3.63) is 182 Å². The minimum atomic E-state index is 0. The molecule has 180 valence electrons. The van der Waals surface area contributed by atoms with Gasteiger partial charge in [0.25, 0.3) is 0 Å². The van der Waals surface area contributed by atoms with Gasteiger partial charge in [0.05, 0.1) is 0 Å². The summed E-state index contributed by atoms with van der Waals surface area (Å²) in [6.07, 6.45) is 0. The SMILES string of the molecule is [Fe+2].[Fe+2].c1cc[cH-]c1.c1cc[cH-]c1.c1cc[cH-]c1.c1cc[cH-]c1.c1ccc(Pc2ccccc2)cc1. The van der Waals surface area contributed by atoms with E-state index < -0.39 is 0 Å². The molecule has 0 nitrogen and oxygen atoms in total. The van der Waals surface area contributed by atoms with Gasteiger partial charge in [-0.25, -0.2) is 48.5 Å². The van der Waals surface area contributed by atoms with Crippen LogP contribution < -0.4 is 10.6 Å². The molecule has 35 heavy (non-hydrogen) atoms. The van der Waals surface area contributed by atoms with E-state index >= 15 is 0 Å². The zero-order valence-electron chi connectivity index (χ0n) is 19.5. The number of benzene rings is 2. The third-order valence-corrected chi connectivity index (χ3v) is 5.30. The molecule has 0 radical (unpaired) electrons. The zero-order valence-corrected chi connectivity index (χ0v) is 22.7. The molecule has 0 fully saturated rings. The second-order valence-corrected chi connectivity index (χ2v) is 8.11. The van der Waals surface area contributed by atoms with Crippen molar-refractivity contribution in [3.63, 3.8) is 0 Å². The summed E-state index contributed by atoms with van der Waals surface area (Å²) in [5.41, 5.74) is 0. The molecule has 6 aromatic carbocycles. The number of rotatable bonds is 2. The quantitative estimate of drug-likeness (QED) is 0.115. The first kappa shape index (κ1) is 32.3. The molecule has 0 saturated heterocycles. The molecule has 0 saturated carbocycles. The first-order valence-electron chi connectivity index (χ1n) is 11.0. The summed E-state index contributed by atoms with van der Waals surface area (Å²) < 4.78 is 0. The van der Waals surface area contributed by atoms with Crippen LogP contribution in [0.3, 0.4) is 0 Å². The molecule has 3 heteroatoms. The van der Waals surface area contributed by atoms with Gasteiger partial charge in [0, 0.05) is 0 Å². The monoisotopic (exact) mass is 558 g/mol. The Morgan fingerprint density at radius 3 is 0.714 bits per heavy atom. The van der Waals surface area contributed by atoms with Crippen LogP contribution in [0.2, 0.25) is 0 Å². The van der Waals surface area contributed by atoms with Crippen LogP contribution in [-0.2, 0) is 34.1 Å². The molecule has 0 aliphatic rings. The van der Waals surface area contributed by atoms with E-state index in [1.807, 2.05) is 121 Å². The molecule has 0 amide bonds. The Bertz CT molecular complexity index is 838. The van der Waals surface area contributed by atoms with Crippen molar-refractivity contribution in [3.8, 4) is 0 Å². The topological polar surface area (TPSA) is 0 Å². The first-order valence-corrected chi connectivity index (χ1v) is 12.0. The van der Waals surface area contributed by atoms with Crippen molar-refractivity contribution >= 4 is 19.2 Å². The summed E-state index contributed by atoms with van der Waals surface area (Å²) in [5.74, 6) is 0. The van der Waals surface area contributed by atoms with Gasteiger partial charge in [-0.3, -0.25) is 0 Å². The predicted molar refractivity (Wildman–Crippen MR) is 149 cm³/mol. The molecule has 0 heterocycles. The van der Waals surface area contributed by atoms with Crippen LogP contribution in [0.15, 0.2) is 182 Å². The Labute approximate surface area is 234 Å². The smallest absolute Gasteiger partial charge is 0.214 e. The summed E-state index contributed by atoms with van der Waals surface area (Å²) >= 11 is 0. The first-order chi connectivity index (χ1) is 16.4. The van der Waals surface area contributed by atoms with Crippen LogP contribution in [0.25, 0.3) is 0 Å². The van der Waals surface area contributed by atoms with Crippen LogP contribution in [0.4, 0.5) is 0 Å². The van der Waals surface area contributed by atoms with Gasteiger partial charge in [-0.1, -0.05) is 69.2 Å². The van der Waals surface area contributed by atoms with E-state index in [-0.39, 0.29) is 34.1 Å². The van der Waals surface area contributed by atoms with Gasteiger partial charge in [-0.2, -0.15) is 72.8 Å². The van der Waals surface area contributed by atoms with Gasteiger partial charge in [0.2, 0.25) is 0 Å². The van der Waals surface area contributed by atoms with E-state index in [2.05, 4.69) is 60.7 Å². The molecule has 6 rings (SSSR count). The largest absolute Gasteiger partial charge is 2.00 e. The van der Waals surface area contributed by atoms with Crippen molar-refractivity contribution in [1.29, 1.82) is 0 Å². The van der Waals surface area contributed by atoms with E-state index in [4.69, 9.17) is 0 Å². The summed E-state index contributed by atoms with van der Waals surface area (Å²) in [6.45, 7) is 0. The van der Waals surface area contributed by atoms with Crippen molar-refractivity contribution in [1.82, 2.24) is 0 Å². The maximum atomic E-state index is 2.17. The molecule has 0 spiro atoms. The summed E-state index contributed by atoms with van der Waals surface area (Å²) in [5, 5.41) is 2.79. The fraction of sp³-hybridized carbons (Fsp3) is 0. The van der Waals surface area contributed by atoms with E-state index in [0.29, 0.717) is 0 Å². The molecule has 0 atom stereocenters. The third-order valence-electron chi connectivity index (χ3n) is 4.06. The van der Waals surface area contributed by atoms with Gasteiger partial charge in [0.15, 0.2) is 0 Å². The second kappa shape index (κ2) is 24.4. The normalized spacial score (nSPS) is 8.23. The fourth-order valence-corrected chi connectivity index (χ4v) is 3.54. The van der Waals surface area contributed by atoms with E-state index in [0.717, 1.165) is 8.58 Å². The molecule has 0 bridgehead atoms. The predicted octanol–water partition coefficient (Wildman–Crippen LogP) is 7.93. The van der Waals surface area contributed by atoms with Crippen molar-refractivity contribution < 1.29 is 34.1 Å². The average Bonchev–Trinajstić information content (AvgIpc) is 3.73. The average molecular weight is 558 g/mol. The van der Waals surface area contributed by atoms with Crippen LogP contribution in [0.5, 0.6) is 0 Å². The zero-order chi connectivity index (χ0) is 23.1. The molecule has 0 aliphatic heterocycles. The van der Waals surface area contributed by atoms with Crippen molar-refractivity contribution in [2.24, 2.45) is 0 Å². The van der Waals surface area contributed by atoms with Gasteiger partial charge in [0.1, 0.15) is 0 Å². The summed E-state index contributed by atoms with van der Waals surface area (Å²) in [6, 6.07) is 61.2. The molecule has 0 aliphatic carbocycles. The standard InChI is InChI=1S/C12H11P.4C5H5.2Fe/c1-3-7-11(8-4-1)13-12-9-5-2-6-10-12;4*1-2-4-5-3-1;;/h1-10,13H;4*1-5H;;/q;4*-1;2*+2. The Hall–Kier alpha value is -2.69. The van der Waals surface area contributed by atoms with E-state index in [1.165, 1.54) is 10.6 Å². The molecule has 0 aromatic heterocycles. The Morgan fingerprint density at radius 2 is 0.543 bits per heavy atom. The third kappa shape index (κ3) is 19.3. The van der Waals surface area contributed by atoms with Gasteiger partial charge < -0.3 is 0 Å². The number of hydrogen-bond donors (Lipinski definition) is 0. The Balaban J connectivity index is 0.000000443. The minimum Gasteiger partial charge on any atom is -0.214 e. The van der Waals surface area contributed by atoms with Crippen molar-refractivity contribution in [2.75, 3.05) is 0 Å². The Morgan fingerprint density at radius 1 is 0.314 bits per heavy atom. The second-order valence-electron chi connectivity index (χ2n) is 6.71. The summed E-state index contributed by atoms with van der Waals surface area (Å²) in [4.78, 5) is 0. The summed E-state index contributed by atoms with van der Waals surface area (Å²) in [7, 11) is 0.777. The molecule has 0 N–H and O–H groups in total. The van der Waals surface area contributed by atoms with Crippen molar-refractivity contribution in [2.45, 2.75) is 0 Å². The van der Waals surface area contributed by atoms with Crippen LogP contribution in [0.1, 0.15) is 0 Å². The molecular weight excluding hydrogens is 527 g/mol. The van der Waals surface area contributed by atoms with E-state index in [9.17, 15) is 0 Å². The van der Waals surface area contributed by atoms with Crippen LogP contribution in [0, 0.1) is 0 Å². The van der Waals surface area contributed by atoms with Gasteiger partial charge in [-0.05, 0) is 10.6 Å². The maximum absolute atomic E-state index is 2.17. The number of hydrogen-bond acceptors (Lipinski definition) is 0. The van der Waals surface area contributed by atoms with Gasteiger partial charge in [-0.15, -0.1) is 0 Å². The van der Waals surface area contributed by atoms with Crippen LogP contribution in [-0.4, -0.2) is 0 Å².